The van der Waals surface area contributed by atoms with Gasteiger partial charge < -0.3 is 5.73 Å². The first-order valence-corrected chi connectivity index (χ1v) is 6.58. The maximum atomic E-state index is 5.62. The summed E-state index contributed by atoms with van der Waals surface area (Å²) in [5.74, 6) is 0. The lowest BCUT2D eigenvalue weighted by Crippen LogP contribution is -2.12. The van der Waals surface area contributed by atoms with Crippen LogP contribution in [0.1, 0.15) is 24.6 Å². The summed E-state index contributed by atoms with van der Waals surface area (Å²) in [7, 11) is 0. The van der Waals surface area contributed by atoms with Crippen LogP contribution in [0.2, 0.25) is 0 Å². The fourth-order valence-electron chi connectivity index (χ4n) is 2.20. The third kappa shape index (κ3) is 2.79. The molecule has 2 aromatic rings. The molecule has 0 radical (unpaired) electrons. The average Bonchev–Trinajstić information content (AvgIpc) is 2.72. The van der Waals surface area contributed by atoms with E-state index >= 15 is 0 Å². The van der Waals surface area contributed by atoms with Gasteiger partial charge in [-0.2, -0.15) is 5.10 Å². The standard InChI is InChI=1S/C15H21N3/c1-3-4-13-5-7-14(8-6-13)15-11-12(2)17-18(15)10-9-16/h5-8,11H,3-4,9-10,16H2,1-2H3. The van der Waals surface area contributed by atoms with Gasteiger partial charge >= 0.3 is 0 Å². The van der Waals surface area contributed by atoms with Crippen molar-refractivity contribution >= 4 is 0 Å². The third-order valence-corrected chi connectivity index (χ3v) is 3.03. The second-order valence-corrected chi connectivity index (χ2v) is 4.63. The Bertz CT molecular complexity index is 497. The fraction of sp³-hybridized carbons (Fsp3) is 0.400. The van der Waals surface area contributed by atoms with E-state index in [0.29, 0.717) is 6.54 Å². The molecule has 0 aliphatic rings. The first kappa shape index (κ1) is 12.8. The van der Waals surface area contributed by atoms with E-state index < -0.39 is 0 Å². The molecule has 1 aromatic carbocycles. The third-order valence-electron chi connectivity index (χ3n) is 3.03. The van der Waals surface area contributed by atoms with Crippen LogP contribution in [0, 0.1) is 6.92 Å². The number of nitrogens with two attached hydrogens (primary N) is 1. The molecule has 3 heteroatoms. The highest BCUT2D eigenvalue weighted by atomic mass is 15.3. The van der Waals surface area contributed by atoms with Gasteiger partial charge in [0.15, 0.2) is 0 Å². The van der Waals surface area contributed by atoms with Gasteiger partial charge in [0.1, 0.15) is 0 Å². The van der Waals surface area contributed by atoms with Crippen molar-refractivity contribution in [3.05, 3.63) is 41.6 Å². The molecule has 0 atom stereocenters. The van der Waals surface area contributed by atoms with Gasteiger partial charge in [-0.15, -0.1) is 0 Å². The van der Waals surface area contributed by atoms with Gasteiger partial charge in [-0.3, -0.25) is 4.68 Å². The predicted octanol–water partition coefficient (Wildman–Crippen LogP) is 2.77. The van der Waals surface area contributed by atoms with E-state index in [1.165, 1.54) is 17.5 Å². The molecule has 0 saturated heterocycles. The van der Waals surface area contributed by atoms with Crippen LogP contribution in [0.5, 0.6) is 0 Å². The van der Waals surface area contributed by atoms with Crippen LogP contribution in [-0.2, 0) is 13.0 Å². The minimum atomic E-state index is 0.613. The smallest absolute Gasteiger partial charge is 0.0685 e. The number of rotatable bonds is 5. The number of nitrogens with zero attached hydrogens (tertiary/aromatic N) is 2. The lowest BCUT2D eigenvalue weighted by molar-refractivity contribution is 0.626. The zero-order valence-electron chi connectivity index (χ0n) is 11.2. The van der Waals surface area contributed by atoms with Crippen LogP contribution >= 0.6 is 0 Å². The minimum Gasteiger partial charge on any atom is -0.329 e. The van der Waals surface area contributed by atoms with Gasteiger partial charge in [0.05, 0.1) is 17.9 Å². The maximum absolute atomic E-state index is 5.62. The summed E-state index contributed by atoms with van der Waals surface area (Å²) in [4.78, 5) is 0. The van der Waals surface area contributed by atoms with Crippen molar-refractivity contribution in [2.75, 3.05) is 6.54 Å². The monoisotopic (exact) mass is 243 g/mol. The van der Waals surface area contributed by atoms with Crippen LogP contribution in [0.4, 0.5) is 0 Å². The first-order valence-electron chi connectivity index (χ1n) is 6.58. The highest BCUT2D eigenvalue weighted by Crippen LogP contribution is 2.21. The van der Waals surface area contributed by atoms with Crippen molar-refractivity contribution in [3.8, 4) is 11.3 Å². The normalized spacial score (nSPS) is 10.8. The van der Waals surface area contributed by atoms with Crippen molar-refractivity contribution in [1.29, 1.82) is 0 Å². The Morgan fingerprint density at radius 3 is 2.56 bits per heavy atom. The molecule has 0 bridgehead atoms. The number of benzene rings is 1. The molecule has 3 nitrogen and oxygen atoms in total. The van der Waals surface area contributed by atoms with E-state index in [1.54, 1.807) is 0 Å². The average molecular weight is 243 g/mol. The highest BCUT2D eigenvalue weighted by molar-refractivity contribution is 5.60. The van der Waals surface area contributed by atoms with E-state index in [0.717, 1.165) is 24.4 Å². The van der Waals surface area contributed by atoms with E-state index in [-0.39, 0.29) is 0 Å². The number of aromatic nitrogens is 2. The van der Waals surface area contributed by atoms with Gasteiger partial charge in [-0.25, -0.2) is 0 Å². The van der Waals surface area contributed by atoms with Crippen molar-refractivity contribution in [2.24, 2.45) is 5.73 Å². The Morgan fingerprint density at radius 1 is 1.22 bits per heavy atom. The Morgan fingerprint density at radius 2 is 1.94 bits per heavy atom. The first-order chi connectivity index (χ1) is 8.74. The molecular formula is C15H21N3. The lowest BCUT2D eigenvalue weighted by atomic mass is 10.1. The summed E-state index contributed by atoms with van der Waals surface area (Å²) in [6.07, 6.45) is 2.32. The highest BCUT2D eigenvalue weighted by Gasteiger charge is 2.07. The molecule has 0 saturated carbocycles. The van der Waals surface area contributed by atoms with Crippen LogP contribution < -0.4 is 5.73 Å². The van der Waals surface area contributed by atoms with E-state index in [4.69, 9.17) is 5.73 Å². The zero-order valence-corrected chi connectivity index (χ0v) is 11.2. The van der Waals surface area contributed by atoms with Crippen LogP contribution in [0.25, 0.3) is 11.3 Å². The summed E-state index contributed by atoms with van der Waals surface area (Å²) in [5.41, 5.74) is 10.4. The molecule has 96 valence electrons. The van der Waals surface area contributed by atoms with Gasteiger partial charge in [-0.05, 0) is 30.5 Å². The summed E-state index contributed by atoms with van der Waals surface area (Å²) in [5, 5.41) is 4.47. The fourth-order valence-corrected chi connectivity index (χ4v) is 2.20. The Balaban J connectivity index is 2.29. The zero-order chi connectivity index (χ0) is 13.0. The van der Waals surface area contributed by atoms with Crippen LogP contribution in [0.3, 0.4) is 0 Å². The van der Waals surface area contributed by atoms with E-state index in [1.807, 2.05) is 11.6 Å². The number of aryl methyl sites for hydroxylation is 2. The molecule has 0 amide bonds. The molecule has 0 fully saturated rings. The summed E-state index contributed by atoms with van der Waals surface area (Å²) >= 11 is 0. The van der Waals surface area contributed by atoms with Crippen molar-refractivity contribution in [3.63, 3.8) is 0 Å². The number of hydrogen-bond donors (Lipinski definition) is 1. The Hall–Kier alpha value is -1.61. The topological polar surface area (TPSA) is 43.8 Å². The van der Waals surface area contributed by atoms with Crippen molar-refractivity contribution in [1.82, 2.24) is 9.78 Å². The Kier molecular flexibility index (Phi) is 4.15. The van der Waals surface area contributed by atoms with Crippen LogP contribution in [-0.4, -0.2) is 16.3 Å². The molecule has 0 spiro atoms. The molecule has 1 aromatic heterocycles. The maximum Gasteiger partial charge on any atom is 0.0685 e. The largest absolute Gasteiger partial charge is 0.329 e. The Labute approximate surface area is 109 Å². The molecule has 1 heterocycles. The predicted molar refractivity (Wildman–Crippen MR) is 75.4 cm³/mol. The summed E-state index contributed by atoms with van der Waals surface area (Å²) < 4.78 is 1.99. The second kappa shape index (κ2) is 5.83. The second-order valence-electron chi connectivity index (χ2n) is 4.63. The quantitative estimate of drug-likeness (QED) is 0.877. The van der Waals surface area contributed by atoms with E-state index in [9.17, 15) is 0 Å². The van der Waals surface area contributed by atoms with Gasteiger partial charge in [-0.1, -0.05) is 37.6 Å². The van der Waals surface area contributed by atoms with Crippen LogP contribution in [0.15, 0.2) is 30.3 Å². The van der Waals surface area contributed by atoms with E-state index in [2.05, 4.69) is 42.4 Å². The summed E-state index contributed by atoms with van der Waals surface area (Å²) in [6.45, 7) is 5.59. The van der Waals surface area contributed by atoms with Gasteiger partial charge in [0, 0.05) is 6.54 Å². The van der Waals surface area contributed by atoms with Crippen molar-refractivity contribution < 1.29 is 0 Å². The molecule has 0 unspecified atom stereocenters. The molecule has 2 N–H and O–H groups in total. The molecular weight excluding hydrogens is 222 g/mol. The molecule has 0 aliphatic carbocycles. The molecule has 18 heavy (non-hydrogen) atoms. The summed E-state index contributed by atoms with van der Waals surface area (Å²) in [6, 6.07) is 10.9. The number of hydrogen-bond acceptors (Lipinski definition) is 2. The lowest BCUT2D eigenvalue weighted by Gasteiger charge is -2.07. The SMILES string of the molecule is CCCc1ccc(-c2cc(C)nn2CCN)cc1. The van der Waals surface area contributed by atoms with Gasteiger partial charge in [0.25, 0.3) is 0 Å². The van der Waals surface area contributed by atoms with Crippen molar-refractivity contribution in [2.45, 2.75) is 33.2 Å². The minimum absolute atomic E-state index is 0.613. The molecule has 2 rings (SSSR count). The van der Waals surface area contributed by atoms with Gasteiger partial charge in [0.2, 0.25) is 0 Å². The molecule has 0 aliphatic heterocycles.